The predicted molar refractivity (Wildman–Crippen MR) is 114 cm³/mol. The molecule has 0 atom stereocenters. The van der Waals surface area contributed by atoms with Gasteiger partial charge in [-0.15, -0.1) is 0 Å². The van der Waals surface area contributed by atoms with E-state index in [4.69, 9.17) is 9.15 Å². The van der Waals surface area contributed by atoms with E-state index in [-0.39, 0.29) is 46.0 Å². The van der Waals surface area contributed by atoms with Crippen molar-refractivity contribution in [2.75, 3.05) is 0 Å². The number of unbranched alkanes of at least 4 members (excludes halogenated alkanes) is 4. The van der Waals surface area contributed by atoms with E-state index in [9.17, 15) is 30.0 Å². The van der Waals surface area contributed by atoms with Gasteiger partial charge in [0.05, 0.1) is 0 Å². The monoisotopic (exact) mass is 428 g/mol. The normalized spacial score (nSPS) is 11.0. The van der Waals surface area contributed by atoms with Crippen LogP contribution in [0.3, 0.4) is 0 Å². The minimum atomic E-state index is -0.866. The minimum absolute atomic E-state index is 0.115. The van der Waals surface area contributed by atoms with Gasteiger partial charge >= 0.3 is 5.97 Å². The first-order valence-electron chi connectivity index (χ1n) is 10.1. The van der Waals surface area contributed by atoms with Gasteiger partial charge in [0, 0.05) is 24.1 Å². The SMILES string of the molecule is CCCCCCCC(=O)Oc1cc(O)cc2oc(-c3ccc(O)c(O)c3)c(O)c(=O)c12. The molecule has 31 heavy (non-hydrogen) atoms. The molecule has 8 heteroatoms. The minimum Gasteiger partial charge on any atom is -0.508 e. The quantitative estimate of drug-likeness (QED) is 0.177. The highest BCUT2D eigenvalue weighted by atomic mass is 16.5. The van der Waals surface area contributed by atoms with Crippen LogP contribution in [0, 0.1) is 0 Å². The molecule has 0 aliphatic rings. The van der Waals surface area contributed by atoms with Crippen LogP contribution in [-0.4, -0.2) is 26.4 Å². The van der Waals surface area contributed by atoms with Crippen LogP contribution in [0.1, 0.15) is 45.4 Å². The van der Waals surface area contributed by atoms with E-state index in [1.54, 1.807) is 0 Å². The molecule has 3 rings (SSSR count). The van der Waals surface area contributed by atoms with Gasteiger partial charge in [-0.25, -0.2) is 0 Å². The maximum Gasteiger partial charge on any atom is 0.311 e. The number of hydrogen-bond acceptors (Lipinski definition) is 8. The Bertz CT molecular complexity index is 1160. The summed E-state index contributed by atoms with van der Waals surface area (Å²) in [6.45, 7) is 2.10. The van der Waals surface area contributed by atoms with Crippen LogP contribution in [0.25, 0.3) is 22.3 Å². The molecule has 0 spiro atoms. The molecule has 0 unspecified atom stereocenters. The molecule has 164 valence electrons. The van der Waals surface area contributed by atoms with E-state index in [0.29, 0.717) is 6.42 Å². The van der Waals surface area contributed by atoms with Crippen molar-refractivity contribution in [3.8, 4) is 40.1 Å². The number of rotatable bonds is 8. The number of ether oxygens (including phenoxy) is 1. The Kier molecular flexibility index (Phi) is 6.69. The van der Waals surface area contributed by atoms with Crippen LogP contribution in [0.4, 0.5) is 0 Å². The summed E-state index contributed by atoms with van der Waals surface area (Å²) in [4.78, 5) is 25.0. The van der Waals surface area contributed by atoms with Crippen LogP contribution >= 0.6 is 0 Å². The average molecular weight is 428 g/mol. The molecule has 2 aromatic carbocycles. The number of benzene rings is 2. The third-order valence-corrected chi connectivity index (χ3v) is 4.87. The Labute approximate surface area is 178 Å². The largest absolute Gasteiger partial charge is 0.508 e. The lowest BCUT2D eigenvalue weighted by atomic mass is 10.1. The second-order valence-electron chi connectivity index (χ2n) is 7.27. The molecule has 0 fully saturated rings. The fraction of sp³-hybridized carbons (Fsp3) is 0.304. The molecular formula is C23H24O8. The van der Waals surface area contributed by atoms with Crippen LogP contribution in [0.15, 0.2) is 39.5 Å². The first-order valence-corrected chi connectivity index (χ1v) is 10.1. The van der Waals surface area contributed by atoms with Crippen molar-refractivity contribution < 1.29 is 34.4 Å². The molecule has 0 bridgehead atoms. The van der Waals surface area contributed by atoms with E-state index in [1.807, 2.05) is 0 Å². The molecule has 0 amide bonds. The van der Waals surface area contributed by atoms with Crippen LogP contribution in [-0.2, 0) is 4.79 Å². The van der Waals surface area contributed by atoms with E-state index in [0.717, 1.165) is 43.9 Å². The average Bonchev–Trinajstić information content (AvgIpc) is 2.72. The van der Waals surface area contributed by atoms with Gasteiger partial charge in [-0.1, -0.05) is 32.6 Å². The summed E-state index contributed by atoms with van der Waals surface area (Å²) < 4.78 is 10.9. The molecule has 1 aromatic heterocycles. The number of esters is 1. The summed E-state index contributed by atoms with van der Waals surface area (Å²) in [7, 11) is 0. The molecule has 0 saturated heterocycles. The number of fused-ring (bicyclic) bond motifs is 1. The summed E-state index contributed by atoms with van der Waals surface area (Å²) >= 11 is 0. The molecule has 0 radical (unpaired) electrons. The standard InChI is InChI=1S/C23H24O8/c1-2-3-4-5-6-7-19(27)30-17-11-14(24)12-18-20(17)21(28)22(29)23(31-18)13-8-9-15(25)16(26)10-13/h8-12,24-26,29H,2-7H2,1H3. The van der Waals surface area contributed by atoms with Gasteiger partial charge in [-0.05, 0) is 24.6 Å². The van der Waals surface area contributed by atoms with Crippen LogP contribution in [0.5, 0.6) is 28.7 Å². The molecular weight excluding hydrogens is 404 g/mol. The molecule has 8 nitrogen and oxygen atoms in total. The lowest BCUT2D eigenvalue weighted by Crippen LogP contribution is -2.11. The second-order valence-corrected chi connectivity index (χ2v) is 7.27. The van der Waals surface area contributed by atoms with Gasteiger partial charge in [-0.3, -0.25) is 9.59 Å². The lowest BCUT2D eigenvalue weighted by Gasteiger charge is -2.11. The van der Waals surface area contributed by atoms with Gasteiger partial charge in [0.15, 0.2) is 17.3 Å². The summed E-state index contributed by atoms with van der Waals surface area (Å²) in [6, 6.07) is 5.88. The summed E-state index contributed by atoms with van der Waals surface area (Å²) in [5.74, 6) is -2.96. The maximum atomic E-state index is 12.8. The highest BCUT2D eigenvalue weighted by Crippen LogP contribution is 2.38. The third-order valence-electron chi connectivity index (χ3n) is 4.87. The smallest absolute Gasteiger partial charge is 0.311 e. The van der Waals surface area contributed by atoms with Gasteiger partial charge in [-0.2, -0.15) is 0 Å². The maximum absolute atomic E-state index is 12.8. The van der Waals surface area contributed by atoms with Crippen LogP contribution < -0.4 is 10.2 Å². The van der Waals surface area contributed by atoms with Gasteiger partial charge in [0.25, 0.3) is 0 Å². The van der Waals surface area contributed by atoms with E-state index in [1.165, 1.54) is 12.1 Å². The van der Waals surface area contributed by atoms with Crippen molar-refractivity contribution in [2.24, 2.45) is 0 Å². The fourth-order valence-electron chi connectivity index (χ4n) is 3.25. The number of hydrogen-bond donors (Lipinski definition) is 4. The number of carbonyl (C=O) groups excluding carboxylic acids is 1. The van der Waals surface area contributed by atoms with Crippen molar-refractivity contribution in [2.45, 2.75) is 45.4 Å². The van der Waals surface area contributed by atoms with Crippen molar-refractivity contribution in [1.82, 2.24) is 0 Å². The van der Waals surface area contributed by atoms with E-state index < -0.39 is 22.9 Å². The third kappa shape index (κ3) is 4.91. The van der Waals surface area contributed by atoms with Crippen molar-refractivity contribution in [1.29, 1.82) is 0 Å². The number of phenolic OH excluding ortho intramolecular Hbond substituents is 3. The topological polar surface area (TPSA) is 137 Å². The van der Waals surface area contributed by atoms with E-state index in [2.05, 4.69) is 6.92 Å². The highest BCUT2D eigenvalue weighted by molar-refractivity contribution is 5.90. The Morgan fingerprint density at radius 2 is 1.71 bits per heavy atom. The summed E-state index contributed by atoms with van der Waals surface area (Å²) in [5, 5.41) is 39.4. The lowest BCUT2D eigenvalue weighted by molar-refractivity contribution is -0.134. The van der Waals surface area contributed by atoms with Crippen molar-refractivity contribution in [3.05, 3.63) is 40.6 Å². The Morgan fingerprint density at radius 3 is 2.42 bits per heavy atom. The van der Waals surface area contributed by atoms with Crippen molar-refractivity contribution >= 4 is 16.9 Å². The molecule has 0 saturated carbocycles. The summed E-state index contributed by atoms with van der Waals surface area (Å²) in [6.07, 6.45) is 4.88. The van der Waals surface area contributed by atoms with Gasteiger partial charge < -0.3 is 29.6 Å². The van der Waals surface area contributed by atoms with Gasteiger partial charge in [0.2, 0.25) is 11.2 Å². The van der Waals surface area contributed by atoms with E-state index >= 15 is 0 Å². The number of phenols is 3. The highest BCUT2D eigenvalue weighted by Gasteiger charge is 2.21. The first kappa shape index (κ1) is 22.0. The Hall–Kier alpha value is -3.68. The molecule has 3 aromatic rings. The van der Waals surface area contributed by atoms with Crippen LogP contribution in [0.2, 0.25) is 0 Å². The zero-order valence-corrected chi connectivity index (χ0v) is 17.1. The molecule has 1 heterocycles. The van der Waals surface area contributed by atoms with Gasteiger partial charge in [0.1, 0.15) is 22.5 Å². The summed E-state index contributed by atoms with van der Waals surface area (Å²) in [5.41, 5.74) is -0.855. The zero-order chi connectivity index (χ0) is 22.5. The molecule has 0 aliphatic carbocycles. The Balaban J connectivity index is 1.95. The van der Waals surface area contributed by atoms with Crippen molar-refractivity contribution in [3.63, 3.8) is 0 Å². The number of aromatic hydroxyl groups is 4. The first-order chi connectivity index (χ1) is 14.8. The second kappa shape index (κ2) is 9.42. The zero-order valence-electron chi connectivity index (χ0n) is 17.1. The molecule has 0 aliphatic heterocycles. The Morgan fingerprint density at radius 1 is 0.968 bits per heavy atom. The predicted octanol–water partition coefficient (Wildman–Crippen LogP) is 4.55. The number of carbonyl (C=O) groups is 1. The fourth-order valence-corrected chi connectivity index (χ4v) is 3.25. The molecule has 4 N–H and O–H groups in total.